The maximum atomic E-state index is 5.50. The number of nitrogens with zero attached hydrogens (tertiary/aromatic N) is 2. The van der Waals surface area contributed by atoms with Crippen molar-refractivity contribution in [1.82, 2.24) is 9.97 Å². The second-order valence-corrected chi connectivity index (χ2v) is 5.31. The van der Waals surface area contributed by atoms with Crippen LogP contribution in [0.4, 0.5) is 5.82 Å². The van der Waals surface area contributed by atoms with Gasteiger partial charge in [-0.15, -0.1) is 0 Å². The molecule has 4 heteroatoms. The number of anilines is 1. The minimum Gasteiger partial charge on any atom is -0.478 e. The van der Waals surface area contributed by atoms with Crippen molar-refractivity contribution in [3.63, 3.8) is 0 Å². The number of hydrogen-bond donors (Lipinski definition) is 1. The molecule has 0 spiro atoms. The molecule has 1 aromatic heterocycles. The van der Waals surface area contributed by atoms with E-state index in [2.05, 4.69) is 22.2 Å². The van der Waals surface area contributed by atoms with Crippen molar-refractivity contribution in [2.45, 2.75) is 51.9 Å². The summed E-state index contributed by atoms with van der Waals surface area (Å²) in [5, 5.41) is 3.38. The van der Waals surface area contributed by atoms with Crippen LogP contribution in [0.5, 0.6) is 5.88 Å². The first-order chi connectivity index (χ1) is 9.38. The van der Waals surface area contributed by atoms with Crippen LogP contribution in [0.2, 0.25) is 0 Å². The summed E-state index contributed by atoms with van der Waals surface area (Å²) in [6.45, 7) is 3.79. The molecule has 0 atom stereocenters. The Morgan fingerprint density at radius 2 is 2.11 bits per heavy atom. The van der Waals surface area contributed by atoms with Gasteiger partial charge in [-0.25, -0.2) is 9.97 Å². The van der Waals surface area contributed by atoms with Gasteiger partial charge in [-0.3, -0.25) is 0 Å². The zero-order valence-electron chi connectivity index (χ0n) is 11.9. The summed E-state index contributed by atoms with van der Waals surface area (Å²) in [6, 6.07) is 1.89. The Balaban J connectivity index is 1.72. The zero-order valence-corrected chi connectivity index (χ0v) is 11.9. The number of rotatable bonds is 7. The Morgan fingerprint density at radius 1 is 1.26 bits per heavy atom. The molecule has 0 aromatic carbocycles. The van der Waals surface area contributed by atoms with Gasteiger partial charge in [0.2, 0.25) is 5.88 Å². The van der Waals surface area contributed by atoms with Crippen LogP contribution in [-0.2, 0) is 0 Å². The molecule has 106 valence electrons. The average molecular weight is 263 g/mol. The van der Waals surface area contributed by atoms with Crippen molar-refractivity contribution in [3.8, 4) is 5.88 Å². The summed E-state index contributed by atoms with van der Waals surface area (Å²) < 4.78 is 5.50. The lowest BCUT2D eigenvalue weighted by Crippen LogP contribution is -2.12. The number of aromatic nitrogens is 2. The van der Waals surface area contributed by atoms with Crippen LogP contribution in [0, 0.1) is 5.92 Å². The Kier molecular flexibility index (Phi) is 5.92. The van der Waals surface area contributed by atoms with E-state index in [1.807, 2.05) is 6.07 Å². The minimum atomic E-state index is 0.664. The second-order valence-electron chi connectivity index (χ2n) is 5.31. The summed E-state index contributed by atoms with van der Waals surface area (Å²) in [5.74, 6) is 2.44. The van der Waals surface area contributed by atoms with E-state index >= 15 is 0 Å². The predicted octanol–water partition coefficient (Wildman–Crippen LogP) is 3.65. The van der Waals surface area contributed by atoms with Gasteiger partial charge in [0.25, 0.3) is 0 Å². The third kappa shape index (κ3) is 5.05. The van der Waals surface area contributed by atoms with Crippen molar-refractivity contribution >= 4 is 5.82 Å². The summed E-state index contributed by atoms with van der Waals surface area (Å²) >= 11 is 0. The molecule has 0 radical (unpaired) electrons. The normalized spacial score (nSPS) is 16.3. The lowest BCUT2D eigenvalue weighted by Gasteiger charge is -2.21. The van der Waals surface area contributed by atoms with E-state index in [-0.39, 0.29) is 0 Å². The Bertz CT molecular complexity index is 364. The van der Waals surface area contributed by atoms with Gasteiger partial charge in [0.15, 0.2) is 0 Å². The molecule has 4 nitrogen and oxygen atoms in total. The predicted molar refractivity (Wildman–Crippen MR) is 77.5 cm³/mol. The molecule has 1 aliphatic rings. The molecule has 0 saturated heterocycles. The highest BCUT2D eigenvalue weighted by Crippen LogP contribution is 2.26. The van der Waals surface area contributed by atoms with Crippen molar-refractivity contribution in [1.29, 1.82) is 0 Å². The first-order valence-corrected chi connectivity index (χ1v) is 7.57. The fraction of sp³-hybridized carbons (Fsp3) is 0.733. The molecule has 1 N–H and O–H groups in total. The first-order valence-electron chi connectivity index (χ1n) is 7.57. The molecule has 1 fully saturated rings. The molecular formula is C15H25N3O. The number of hydrogen-bond acceptors (Lipinski definition) is 4. The molecule has 1 aromatic rings. The molecule has 19 heavy (non-hydrogen) atoms. The fourth-order valence-corrected chi connectivity index (χ4v) is 2.60. The fourth-order valence-electron chi connectivity index (χ4n) is 2.60. The van der Waals surface area contributed by atoms with E-state index in [1.165, 1.54) is 38.5 Å². The van der Waals surface area contributed by atoms with Crippen LogP contribution < -0.4 is 10.1 Å². The lowest BCUT2D eigenvalue weighted by molar-refractivity contribution is 0.305. The molecule has 1 heterocycles. The SMILES string of the molecule is CCCOc1cc(NCCC2CCCCC2)ncn1. The summed E-state index contributed by atoms with van der Waals surface area (Å²) in [6.07, 6.45) is 10.8. The van der Waals surface area contributed by atoms with Crippen LogP contribution in [0.25, 0.3) is 0 Å². The monoisotopic (exact) mass is 263 g/mol. The third-order valence-corrected chi connectivity index (χ3v) is 3.68. The van der Waals surface area contributed by atoms with Crippen molar-refractivity contribution < 1.29 is 4.74 Å². The molecule has 1 aliphatic carbocycles. The first kappa shape index (κ1) is 14.1. The van der Waals surface area contributed by atoms with Crippen molar-refractivity contribution in [2.24, 2.45) is 5.92 Å². The van der Waals surface area contributed by atoms with Gasteiger partial charge in [0.1, 0.15) is 12.1 Å². The van der Waals surface area contributed by atoms with Crippen LogP contribution in [0.1, 0.15) is 51.9 Å². The van der Waals surface area contributed by atoms with E-state index in [4.69, 9.17) is 4.74 Å². The largest absolute Gasteiger partial charge is 0.478 e. The second kappa shape index (κ2) is 7.97. The molecule has 1 saturated carbocycles. The standard InChI is InChI=1S/C15H25N3O/c1-2-10-19-15-11-14(17-12-18-15)16-9-8-13-6-4-3-5-7-13/h11-13H,2-10H2,1H3,(H,16,17,18). The van der Waals surface area contributed by atoms with Gasteiger partial charge in [-0.05, 0) is 18.8 Å². The lowest BCUT2D eigenvalue weighted by atomic mass is 9.87. The molecule has 0 aliphatic heterocycles. The highest BCUT2D eigenvalue weighted by atomic mass is 16.5. The van der Waals surface area contributed by atoms with E-state index in [9.17, 15) is 0 Å². The Hall–Kier alpha value is -1.32. The number of ether oxygens (including phenoxy) is 1. The minimum absolute atomic E-state index is 0.664. The highest BCUT2D eigenvalue weighted by molar-refractivity contribution is 5.36. The number of nitrogens with one attached hydrogen (secondary N) is 1. The zero-order chi connectivity index (χ0) is 13.3. The van der Waals surface area contributed by atoms with E-state index in [1.54, 1.807) is 6.33 Å². The third-order valence-electron chi connectivity index (χ3n) is 3.68. The van der Waals surface area contributed by atoms with Crippen LogP contribution in [0.3, 0.4) is 0 Å². The van der Waals surface area contributed by atoms with Crippen molar-refractivity contribution in [2.75, 3.05) is 18.5 Å². The molecule has 0 unspecified atom stereocenters. The van der Waals surface area contributed by atoms with Gasteiger partial charge in [-0.1, -0.05) is 39.0 Å². The average Bonchev–Trinajstić information content (AvgIpc) is 2.47. The van der Waals surface area contributed by atoms with E-state index in [0.717, 1.165) is 24.7 Å². The van der Waals surface area contributed by atoms with Gasteiger partial charge in [0, 0.05) is 12.6 Å². The van der Waals surface area contributed by atoms with E-state index in [0.29, 0.717) is 12.5 Å². The van der Waals surface area contributed by atoms with Gasteiger partial charge < -0.3 is 10.1 Å². The van der Waals surface area contributed by atoms with Gasteiger partial charge in [0.05, 0.1) is 6.61 Å². The molecule has 0 bridgehead atoms. The maximum absolute atomic E-state index is 5.50. The molecule has 0 amide bonds. The van der Waals surface area contributed by atoms with Crippen LogP contribution in [0.15, 0.2) is 12.4 Å². The van der Waals surface area contributed by atoms with Crippen molar-refractivity contribution in [3.05, 3.63) is 12.4 Å². The summed E-state index contributed by atoms with van der Waals surface area (Å²) in [4.78, 5) is 8.33. The Labute approximate surface area is 116 Å². The van der Waals surface area contributed by atoms with Gasteiger partial charge in [-0.2, -0.15) is 0 Å². The van der Waals surface area contributed by atoms with Crippen LogP contribution >= 0.6 is 0 Å². The summed E-state index contributed by atoms with van der Waals surface area (Å²) in [7, 11) is 0. The maximum Gasteiger partial charge on any atom is 0.218 e. The van der Waals surface area contributed by atoms with Gasteiger partial charge >= 0.3 is 0 Å². The van der Waals surface area contributed by atoms with Crippen LogP contribution in [-0.4, -0.2) is 23.1 Å². The summed E-state index contributed by atoms with van der Waals surface area (Å²) in [5.41, 5.74) is 0. The quantitative estimate of drug-likeness (QED) is 0.815. The highest BCUT2D eigenvalue weighted by Gasteiger charge is 2.12. The molecular weight excluding hydrogens is 238 g/mol. The smallest absolute Gasteiger partial charge is 0.218 e. The topological polar surface area (TPSA) is 47.0 Å². The van der Waals surface area contributed by atoms with E-state index < -0.39 is 0 Å². The molecule has 2 rings (SSSR count). The Morgan fingerprint density at radius 3 is 2.89 bits per heavy atom.